The summed E-state index contributed by atoms with van der Waals surface area (Å²) < 4.78 is 15.2. The molecule has 0 aliphatic carbocycles. The van der Waals surface area contributed by atoms with Crippen LogP contribution in [0.2, 0.25) is 0 Å². The second kappa shape index (κ2) is 9.82. The van der Waals surface area contributed by atoms with Crippen LogP contribution in [0.5, 0.6) is 0 Å². The van der Waals surface area contributed by atoms with Crippen LogP contribution in [0.4, 0.5) is 0 Å². The number of rotatable bonds is 10. The topological polar surface area (TPSA) is 105 Å². The SMILES string of the molecule is CNC(C=O)CSSCC(=O)NCOP(C)(=O)O. The second-order valence-electron chi connectivity index (χ2n) is 3.25. The van der Waals surface area contributed by atoms with Crippen molar-refractivity contribution in [2.24, 2.45) is 0 Å². The third-order valence-corrected chi connectivity index (χ3v) is 4.54. The fourth-order valence-corrected chi connectivity index (χ4v) is 3.08. The molecule has 0 aliphatic heterocycles. The molecule has 0 heterocycles. The van der Waals surface area contributed by atoms with Gasteiger partial charge in [0, 0.05) is 12.4 Å². The first-order chi connectivity index (χ1) is 8.39. The predicted octanol–water partition coefficient (Wildman–Crippen LogP) is 0.0602. The molecule has 3 N–H and O–H groups in total. The highest BCUT2D eigenvalue weighted by Gasteiger charge is 2.10. The molecule has 0 saturated carbocycles. The van der Waals surface area contributed by atoms with Gasteiger partial charge in [0.05, 0.1) is 11.8 Å². The van der Waals surface area contributed by atoms with E-state index in [9.17, 15) is 14.2 Å². The molecule has 0 fully saturated rings. The van der Waals surface area contributed by atoms with E-state index in [2.05, 4.69) is 15.2 Å². The Labute approximate surface area is 114 Å². The highest BCUT2D eigenvalue weighted by molar-refractivity contribution is 8.76. The lowest BCUT2D eigenvalue weighted by molar-refractivity contribution is -0.119. The summed E-state index contributed by atoms with van der Waals surface area (Å²) in [6, 6.07) is -0.228. The van der Waals surface area contributed by atoms with Crippen LogP contribution in [0, 0.1) is 0 Å². The minimum absolute atomic E-state index is 0.183. The van der Waals surface area contributed by atoms with E-state index in [1.807, 2.05) is 0 Å². The summed E-state index contributed by atoms with van der Waals surface area (Å²) >= 11 is 0. The number of nitrogens with one attached hydrogen (secondary N) is 2. The van der Waals surface area contributed by atoms with Crippen molar-refractivity contribution >= 4 is 41.4 Å². The molecule has 10 heteroatoms. The van der Waals surface area contributed by atoms with E-state index in [0.29, 0.717) is 5.75 Å². The van der Waals surface area contributed by atoms with E-state index in [1.165, 1.54) is 21.6 Å². The molecule has 2 atom stereocenters. The molecule has 0 aromatic heterocycles. The normalized spacial score (nSPS) is 15.7. The van der Waals surface area contributed by atoms with Gasteiger partial charge in [-0.3, -0.25) is 13.9 Å². The molecule has 0 radical (unpaired) electrons. The molecule has 0 saturated heterocycles. The van der Waals surface area contributed by atoms with Gasteiger partial charge in [-0.15, -0.1) is 0 Å². The van der Waals surface area contributed by atoms with E-state index < -0.39 is 7.60 Å². The molecular formula is C8H17N2O5PS2. The predicted molar refractivity (Wildman–Crippen MR) is 73.7 cm³/mol. The number of hydrogen-bond acceptors (Lipinski definition) is 7. The van der Waals surface area contributed by atoms with Gasteiger partial charge < -0.3 is 20.3 Å². The van der Waals surface area contributed by atoms with E-state index in [0.717, 1.165) is 13.0 Å². The number of amides is 1. The van der Waals surface area contributed by atoms with Crippen molar-refractivity contribution in [3.05, 3.63) is 0 Å². The van der Waals surface area contributed by atoms with Gasteiger partial charge in [-0.05, 0) is 7.05 Å². The van der Waals surface area contributed by atoms with Gasteiger partial charge >= 0.3 is 7.60 Å². The molecule has 0 aromatic carbocycles. The molecule has 0 aliphatic rings. The van der Waals surface area contributed by atoms with Crippen LogP contribution in [0.1, 0.15) is 0 Å². The van der Waals surface area contributed by atoms with Crippen LogP contribution in [-0.4, -0.2) is 55.1 Å². The third-order valence-electron chi connectivity index (χ3n) is 1.63. The standard InChI is InChI=1S/C8H17N2O5PS2/c1-9-7(3-11)4-17-18-5-8(12)10-6-15-16(2,13)14/h3,7,9H,4-6H2,1-2H3,(H,10,12)(H,13,14). The maximum absolute atomic E-state index is 11.2. The lowest BCUT2D eigenvalue weighted by atomic mass is 10.4. The summed E-state index contributed by atoms with van der Waals surface area (Å²) in [5.74, 6) is 0.450. The number of carbonyl (C=O) groups excluding carboxylic acids is 2. The molecule has 18 heavy (non-hydrogen) atoms. The smallest absolute Gasteiger partial charge is 0.326 e. The Morgan fingerprint density at radius 2 is 2.22 bits per heavy atom. The largest absolute Gasteiger partial charge is 0.332 e. The van der Waals surface area contributed by atoms with Gasteiger partial charge in [-0.25, -0.2) is 0 Å². The Morgan fingerprint density at radius 1 is 1.56 bits per heavy atom. The van der Waals surface area contributed by atoms with Gasteiger partial charge in [0.25, 0.3) is 0 Å². The van der Waals surface area contributed by atoms with Gasteiger partial charge in [0.1, 0.15) is 13.0 Å². The minimum Gasteiger partial charge on any atom is -0.332 e. The van der Waals surface area contributed by atoms with Crippen molar-refractivity contribution in [3.63, 3.8) is 0 Å². The number of hydrogen-bond donors (Lipinski definition) is 3. The average Bonchev–Trinajstić information content (AvgIpc) is 2.27. The molecule has 1 amide bonds. The zero-order chi connectivity index (χ0) is 14.0. The quantitative estimate of drug-likeness (QED) is 0.171. The fourth-order valence-electron chi connectivity index (χ4n) is 0.691. The van der Waals surface area contributed by atoms with E-state index in [-0.39, 0.29) is 24.4 Å². The van der Waals surface area contributed by atoms with Crippen LogP contribution in [-0.2, 0) is 18.7 Å². The summed E-state index contributed by atoms with van der Waals surface area (Å²) in [7, 11) is 0.830. The first-order valence-electron chi connectivity index (χ1n) is 4.97. The van der Waals surface area contributed by atoms with Gasteiger partial charge in [0.15, 0.2) is 0 Å². The molecule has 2 unspecified atom stereocenters. The van der Waals surface area contributed by atoms with Gasteiger partial charge in [-0.2, -0.15) is 0 Å². The van der Waals surface area contributed by atoms with Crippen molar-refractivity contribution in [3.8, 4) is 0 Å². The lowest BCUT2D eigenvalue weighted by Crippen LogP contribution is -2.29. The van der Waals surface area contributed by atoms with Crippen LogP contribution in [0.25, 0.3) is 0 Å². The Morgan fingerprint density at radius 3 is 2.72 bits per heavy atom. The summed E-state index contributed by atoms with van der Waals surface area (Å²) in [5.41, 5.74) is 0. The van der Waals surface area contributed by atoms with Gasteiger partial charge in [0.2, 0.25) is 5.91 Å². The Kier molecular flexibility index (Phi) is 9.80. The number of aldehydes is 1. The zero-order valence-corrected chi connectivity index (χ0v) is 12.6. The highest BCUT2D eigenvalue weighted by Crippen LogP contribution is 2.35. The van der Waals surface area contributed by atoms with Crippen molar-refractivity contribution in [1.29, 1.82) is 0 Å². The van der Waals surface area contributed by atoms with Crippen molar-refractivity contribution < 1.29 is 23.6 Å². The summed E-state index contributed by atoms with van der Waals surface area (Å²) in [6.45, 7) is 0.753. The molecule has 0 rings (SSSR count). The molecule has 0 spiro atoms. The minimum atomic E-state index is -3.55. The van der Waals surface area contributed by atoms with E-state index >= 15 is 0 Å². The number of carbonyl (C=O) groups is 2. The first kappa shape index (κ1) is 17.9. The van der Waals surface area contributed by atoms with Crippen LogP contribution < -0.4 is 10.6 Å². The molecule has 106 valence electrons. The monoisotopic (exact) mass is 316 g/mol. The fraction of sp³-hybridized carbons (Fsp3) is 0.750. The zero-order valence-electron chi connectivity index (χ0n) is 10.1. The van der Waals surface area contributed by atoms with E-state index in [4.69, 9.17) is 4.89 Å². The van der Waals surface area contributed by atoms with Crippen LogP contribution in [0.15, 0.2) is 0 Å². The first-order valence-corrected chi connectivity index (χ1v) is 9.49. The average molecular weight is 316 g/mol. The van der Waals surface area contributed by atoms with Gasteiger partial charge in [-0.1, -0.05) is 21.6 Å². The summed E-state index contributed by atoms with van der Waals surface area (Å²) in [4.78, 5) is 30.5. The maximum Gasteiger partial charge on any atom is 0.326 e. The molecule has 0 aromatic rings. The number of likely N-dealkylation sites (N-methyl/N-ethyl adjacent to an activating group) is 1. The van der Waals surface area contributed by atoms with Crippen LogP contribution in [0.3, 0.4) is 0 Å². The third kappa shape index (κ3) is 11.1. The molecular weight excluding hydrogens is 299 g/mol. The molecule has 0 bridgehead atoms. The Bertz CT molecular complexity index is 312. The molecule has 7 nitrogen and oxygen atoms in total. The summed E-state index contributed by atoms with van der Waals surface area (Å²) in [6.07, 6.45) is 0.807. The van der Waals surface area contributed by atoms with Crippen molar-refractivity contribution in [1.82, 2.24) is 10.6 Å². The summed E-state index contributed by atoms with van der Waals surface area (Å²) in [5, 5.41) is 5.15. The Balaban J connectivity index is 3.54. The maximum atomic E-state index is 11.2. The van der Waals surface area contributed by atoms with Crippen LogP contribution >= 0.6 is 29.2 Å². The lowest BCUT2D eigenvalue weighted by Gasteiger charge is -2.09. The van der Waals surface area contributed by atoms with Crippen molar-refractivity contribution in [2.45, 2.75) is 6.04 Å². The van der Waals surface area contributed by atoms with Crippen molar-refractivity contribution in [2.75, 3.05) is 31.9 Å². The second-order valence-corrected chi connectivity index (χ2v) is 7.63. The highest BCUT2D eigenvalue weighted by atomic mass is 33.1. The van der Waals surface area contributed by atoms with E-state index in [1.54, 1.807) is 7.05 Å². The Hall–Kier alpha value is -0.0500.